The number of aromatic nitrogens is 1. The van der Waals surface area contributed by atoms with Crippen LogP contribution in [0.4, 0.5) is 5.69 Å². The zero-order valence-corrected chi connectivity index (χ0v) is 14.6. The second-order valence-electron chi connectivity index (χ2n) is 5.64. The maximum atomic E-state index is 11.5. The minimum atomic E-state index is -0.424. The first-order valence-electron chi connectivity index (χ1n) is 8.27. The molecule has 3 aromatic rings. The minimum Gasteiger partial charge on any atom is -0.464 e. The predicted octanol–water partition coefficient (Wildman–Crippen LogP) is 4.12. The van der Waals surface area contributed by atoms with Crippen molar-refractivity contribution in [2.45, 2.75) is 26.7 Å². The van der Waals surface area contributed by atoms with E-state index in [4.69, 9.17) is 4.42 Å². The number of hydrogen-bond acceptors (Lipinski definition) is 5. The quantitative estimate of drug-likeness (QED) is 0.402. The monoisotopic (exact) mass is 339 g/mol. The fraction of sp³-hybridized carbons (Fsp3) is 0.263. The number of rotatable bonds is 6. The highest BCUT2D eigenvalue weighted by Gasteiger charge is 2.12. The lowest BCUT2D eigenvalue weighted by atomic mass is 10.0. The van der Waals surface area contributed by atoms with Crippen LogP contribution in [0.1, 0.15) is 41.2 Å². The lowest BCUT2D eigenvalue weighted by Gasteiger charge is -2.11. The van der Waals surface area contributed by atoms with Crippen molar-refractivity contribution in [2.24, 2.45) is 5.10 Å². The number of hydrogen-bond donors (Lipinski definition) is 2. The Hall–Kier alpha value is -3.02. The summed E-state index contributed by atoms with van der Waals surface area (Å²) in [5.74, 6) is 0.170. The van der Waals surface area contributed by atoms with Gasteiger partial charge in [0.15, 0.2) is 0 Å². The Balaban J connectivity index is 1.78. The van der Waals surface area contributed by atoms with E-state index in [9.17, 15) is 4.79 Å². The molecule has 0 spiro atoms. The highest BCUT2D eigenvalue weighted by Crippen LogP contribution is 2.23. The van der Waals surface area contributed by atoms with Gasteiger partial charge in [0.25, 0.3) is 0 Å². The maximum Gasteiger partial charge on any atom is 0.354 e. The Labute approximate surface area is 145 Å². The second-order valence-corrected chi connectivity index (χ2v) is 5.64. The maximum absolute atomic E-state index is 11.5. The Morgan fingerprint density at radius 2 is 2.00 bits per heavy atom. The Bertz CT molecular complexity index is 868. The molecule has 0 atom stereocenters. The van der Waals surface area contributed by atoms with Crippen molar-refractivity contribution in [3.05, 3.63) is 52.9 Å². The number of ether oxygens (including phenoxy) is 1. The van der Waals surface area contributed by atoms with Crippen LogP contribution < -0.4 is 5.43 Å². The molecule has 2 N–H and O–H groups in total. The summed E-state index contributed by atoms with van der Waals surface area (Å²) in [6, 6.07) is 9.77. The minimum absolute atomic E-state index is 0.363. The zero-order chi connectivity index (χ0) is 17.8. The number of esters is 1. The van der Waals surface area contributed by atoms with Crippen LogP contribution in [0, 0.1) is 0 Å². The third-order valence-corrected chi connectivity index (χ3v) is 4.10. The number of anilines is 1. The van der Waals surface area contributed by atoms with Gasteiger partial charge < -0.3 is 14.1 Å². The van der Waals surface area contributed by atoms with Gasteiger partial charge in [-0.2, -0.15) is 5.10 Å². The highest BCUT2D eigenvalue weighted by atomic mass is 16.5. The summed E-state index contributed by atoms with van der Waals surface area (Å²) < 4.78 is 10.3. The largest absolute Gasteiger partial charge is 0.464 e. The van der Waals surface area contributed by atoms with Crippen LogP contribution in [-0.4, -0.2) is 24.3 Å². The summed E-state index contributed by atoms with van der Waals surface area (Å²) in [5.41, 5.74) is 7.52. The van der Waals surface area contributed by atoms with E-state index in [0.29, 0.717) is 17.2 Å². The molecule has 6 nitrogen and oxygen atoms in total. The number of carbonyl (C=O) groups is 1. The van der Waals surface area contributed by atoms with Gasteiger partial charge in [-0.05, 0) is 36.1 Å². The van der Waals surface area contributed by atoms with E-state index in [2.05, 4.69) is 52.3 Å². The number of methoxy groups -OCH3 is 1. The second kappa shape index (κ2) is 7.25. The van der Waals surface area contributed by atoms with Crippen LogP contribution in [0.5, 0.6) is 0 Å². The van der Waals surface area contributed by atoms with Crippen LogP contribution in [0.2, 0.25) is 0 Å². The molecule has 1 aromatic carbocycles. The molecule has 0 amide bonds. The number of nitrogens with zero attached hydrogens (tertiary/aromatic N) is 1. The van der Waals surface area contributed by atoms with E-state index in [1.54, 1.807) is 12.3 Å². The van der Waals surface area contributed by atoms with E-state index in [0.717, 1.165) is 23.9 Å². The van der Waals surface area contributed by atoms with E-state index in [1.807, 2.05) is 6.07 Å². The van der Waals surface area contributed by atoms with E-state index < -0.39 is 5.97 Å². The first-order chi connectivity index (χ1) is 12.2. The van der Waals surface area contributed by atoms with E-state index in [1.165, 1.54) is 18.2 Å². The van der Waals surface area contributed by atoms with Crippen molar-refractivity contribution >= 4 is 29.0 Å². The smallest absolute Gasteiger partial charge is 0.354 e. The van der Waals surface area contributed by atoms with Crippen LogP contribution in [0.25, 0.3) is 11.1 Å². The molecule has 6 heteroatoms. The third kappa shape index (κ3) is 3.42. The lowest BCUT2D eigenvalue weighted by Crippen LogP contribution is -2.00. The van der Waals surface area contributed by atoms with Crippen molar-refractivity contribution in [2.75, 3.05) is 12.5 Å². The molecule has 2 aromatic heterocycles. The van der Waals surface area contributed by atoms with Crippen molar-refractivity contribution in [3.8, 4) is 0 Å². The number of furan rings is 1. The number of H-pyrrole nitrogens is 1. The molecule has 2 heterocycles. The summed E-state index contributed by atoms with van der Waals surface area (Å²) >= 11 is 0. The van der Waals surface area contributed by atoms with Gasteiger partial charge in [0.1, 0.15) is 11.5 Å². The van der Waals surface area contributed by atoms with Gasteiger partial charge in [0.05, 0.1) is 19.0 Å². The van der Waals surface area contributed by atoms with E-state index >= 15 is 0 Å². The molecule has 0 unspecified atom stereocenters. The van der Waals surface area contributed by atoms with Crippen LogP contribution >= 0.6 is 0 Å². The summed E-state index contributed by atoms with van der Waals surface area (Å²) in [7, 11) is 1.34. The zero-order valence-electron chi connectivity index (χ0n) is 14.6. The normalized spacial score (nSPS) is 11.3. The molecule has 130 valence electrons. The van der Waals surface area contributed by atoms with Crippen molar-refractivity contribution in [3.63, 3.8) is 0 Å². The van der Waals surface area contributed by atoms with Gasteiger partial charge in [0, 0.05) is 5.39 Å². The number of para-hydroxylation sites is 1. The summed E-state index contributed by atoms with van der Waals surface area (Å²) in [6.45, 7) is 4.25. The molecule has 0 aliphatic rings. The van der Waals surface area contributed by atoms with Crippen molar-refractivity contribution < 1.29 is 13.9 Å². The molecule has 0 radical (unpaired) electrons. The lowest BCUT2D eigenvalue weighted by molar-refractivity contribution is 0.0595. The number of fused-ring (bicyclic) bond motifs is 1. The van der Waals surface area contributed by atoms with Gasteiger partial charge in [0.2, 0.25) is 5.71 Å². The van der Waals surface area contributed by atoms with Gasteiger partial charge in [-0.15, -0.1) is 0 Å². The topological polar surface area (TPSA) is 79.6 Å². The Morgan fingerprint density at radius 3 is 2.60 bits per heavy atom. The summed E-state index contributed by atoms with van der Waals surface area (Å²) in [5, 5.41) is 5.10. The first-order valence-corrected chi connectivity index (χ1v) is 8.27. The molecule has 0 saturated heterocycles. The molecule has 0 fully saturated rings. The van der Waals surface area contributed by atoms with Crippen molar-refractivity contribution in [1.29, 1.82) is 0 Å². The third-order valence-electron chi connectivity index (χ3n) is 4.10. The summed E-state index contributed by atoms with van der Waals surface area (Å²) in [6.07, 6.45) is 3.50. The van der Waals surface area contributed by atoms with Crippen LogP contribution in [0.3, 0.4) is 0 Å². The van der Waals surface area contributed by atoms with Gasteiger partial charge >= 0.3 is 5.97 Å². The Morgan fingerprint density at radius 1 is 1.28 bits per heavy atom. The molecule has 0 aliphatic heterocycles. The SMILES string of the molecule is CCc1cccc(CC)c1N/N=C\c1cc2cc(C(=O)OC)[nH]c2o1. The molecule has 3 rings (SSSR count). The highest BCUT2D eigenvalue weighted by molar-refractivity contribution is 5.95. The Kier molecular flexibility index (Phi) is 4.88. The number of aromatic amines is 1. The number of nitrogens with one attached hydrogen (secondary N) is 2. The molecule has 0 aliphatic carbocycles. The predicted molar refractivity (Wildman–Crippen MR) is 98.3 cm³/mol. The molecule has 0 bridgehead atoms. The number of carbonyl (C=O) groups excluding carboxylic acids is 1. The number of hydrazone groups is 1. The van der Waals surface area contributed by atoms with Gasteiger partial charge in [-0.3, -0.25) is 5.43 Å². The molecular formula is C19H21N3O3. The summed E-state index contributed by atoms with van der Waals surface area (Å²) in [4.78, 5) is 14.4. The molecular weight excluding hydrogens is 318 g/mol. The first kappa shape index (κ1) is 16.8. The van der Waals surface area contributed by atoms with Gasteiger partial charge in [-0.25, -0.2) is 4.79 Å². The van der Waals surface area contributed by atoms with Crippen LogP contribution in [0.15, 0.2) is 39.9 Å². The fourth-order valence-corrected chi connectivity index (χ4v) is 2.77. The van der Waals surface area contributed by atoms with Crippen molar-refractivity contribution in [1.82, 2.24) is 4.98 Å². The fourth-order valence-electron chi connectivity index (χ4n) is 2.77. The number of benzene rings is 1. The molecule has 0 saturated carbocycles. The average Bonchev–Trinajstić information content (AvgIpc) is 3.19. The molecule has 25 heavy (non-hydrogen) atoms. The standard InChI is InChI=1S/C19H21N3O3/c1-4-12-7-6-8-13(5-2)17(12)22-20-11-15-9-14-10-16(19(23)24-3)21-18(14)25-15/h6-11,21-22H,4-5H2,1-3H3/b20-11-. The van der Waals surface area contributed by atoms with Crippen LogP contribution in [-0.2, 0) is 17.6 Å². The number of aryl methyl sites for hydroxylation is 2. The van der Waals surface area contributed by atoms with E-state index in [-0.39, 0.29) is 0 Å². The average molecular weight is 339 g/mol. The van der Waals surface area contributed by atoms with Gasteiger partial charge in [-0.1, -0.05) is 32.0 Å².